The molecule has 29 heavy (non-hydrogen) atoms. The SMILES string of the molecule is CCn1c(=N)c(S(=O)(=O)c2ccc(F)cc2)cc2c(=O)n3cccc(C)c3nc21. The molecule has 0 aliphatic rings. The van der Waals surface area contributed by atoms with Crippen LogP contribution in [0.1, 0.15) is 12.5 Å². The summed E-state index contributed by atoms with van der Waals surface area (Å²) >= 11 is 0. The van der Waals surface area contributed by atoms with Gasteiger partial charge in [-0.2, -0.15) is 0 Å². The fourth-order valence-electron chi connectivity index (χ4n) is 3.32. The second-order valence-electron chi connectivity index (χ2n) is 6.60. The highest BCUT2D eigenvalue weighted by molar-refractivity contribution is 7.91. The van der Waals surface area contributed by atoms with Crippen molar-refractivity contribution in [2.75, 3.05) is 0 Å². The molecule has 9 heteroatoms. The van der Waals surface area contributed by atoms with Crippen molar-refractivity contribution in [3.8, 4) is 0 Å². The first-order valence-corrected chi connectivity index (χ1v) is 10.3. The first-order chi connectivity index (χ1) is 13.8. The van der Waals surface area contributed by atoms with Crippen molar-refractivity contribution < 1.29 is 12.8 Å². The summed E-state index contributed by atoms with van der Waals surface area (Å²) in [6.07, 6.45) is 1.57. The second kappa shape index (κ2) is 6.63. The molecule has 1 aromatic carbocycles. The smallest absolute Gasteiger partial charge is 0.267 e. The summed E-state index contributed by atoms with van der Waals surface area (Å²) in [5, 5.41) is 8.56. The quantitative estimate of drug-likeness (QED) is 0.413. The van der Waals surface area contributed by atoms with E-state index in [0.717, 1.165) is 29.8 Å². The number of sulfone groups is 1. The molecule has 3 heterocycles. The van der Waals surface area contributed by atoms with Gasteiger partial charge in [-0.15, -0.1) is 0 Å². The number of fused-ring (bicyclic) bond motifs is 2. The lowest BCUT2D eigenvalue weighted by atomic mass is 10.2. The molecule has 148 valence electrons. The van der Waals surface area contributed by atoms with Gasteiger partial charge >= 0.3 is 0 Å². The molecule has 0 bridgehead atoms. The maximum atomic E-state index is 13.2. The molecule has 0 radical (unpaired) electrons. The fraction of sp³-hybridized carbons (Fsp3) is 0.150. The standard InChI is InChI=1S/C20H17FN4O3S/c1-3-24-17(22)16(29(27,28)14-8-6-13(21)7-9-14)11-15-19(24)23-18-12(2)5-4-10-25(18)20(15)26/h4-11,22H,3H2,1-2H3. The Kier molecular flexibility index (Phi) is 4.34. The van der Waals surface area contributed by atoms with E-state index in [2.05, 4.69) is 4.98 Å². The topological polar surface area (TPSA) is 97.3 Å². The van der Waals surface area contributed by atoms with E-state index in [-0.39, 0.29) is 32.9 Å². The van der Waals surface area contributed by atoms with E-state index >= 15 is 0 Å². The van der Waals surface area contributed by atoms with Gasteiger partial charge in [0.25, 0.3) is 5.56 Å². The normalized spacial score (nSPS) is 12.0. The monoisotopic (exact) mass is 412 g/mol. The predicted octanol–water partition coefficient (Wildman–Crippen LogP) is 2.43. The number of hydrogen-bond acceptors (Lipinski definition) is 5. The molecule has 0 atom stereocenters. The summed E-state index contributed by atoms with van der Waals surface area (Å²) < 4.78 is 42.2. The highest BCUT2D eigenvalue weighted by Crippen LogP contribution is 2.21. The third-order valence-corrected chi connectivity index (χ3v) is 6.61. The number of pyridine rings is 2. The number of benzene rings is 1. The van der Waals surface area contributed by atoms with Crippen molar-refractivity contribution in [2.45, 2.75) is 30.2 Å². The zero-order valence-corrected chi connectivity index (χ0v) is 16.5. The minimum Gasteiger partial charge on any atom is -0.310 e. The van der Waals surface area contributed by atoms with E-state index in [9.17, 15) is 17.6 Å². The van der Waals surface area contributed by atoms with Crippen LogP contribution in [0.3, 0.4) is 0 Å². The maximum Gasteiger partial charge on any atom is 0.267 e. The van der Waals surface area contributed by atoms with Crippen molar-refractivity contribution >= 4 is 26.5 Å². The largest absolute Gasteiger partial charge is 0.310 e. The molecule has 1 N–H and O–H groups in total. The van der Waals surface area contributed by atoms with Gasteiger partial charge in [-0.1, -0.05) is 6.07 Å². The number of halogens is 1. The van der Waals surface area contributed by atoms with Gasteiger partial charge < -0.3 is 4.57 Å². The third kappa shape index (κ3) is 2.85. The van der Waals surface area contributed by atoms with Crippen molar-refractivity contribution in [2.24, 2.45) is 0 Å². The average Bonchev–Trinajstić information content (AvgIpc) is 2.69. The van der Waals surface area contributed by atoms with Gasteiger partial charge in [0.2, 0.25) is 9.84 Å². The molecule has 0 aliphatic carbocycles. The zero-order chi connectivity index (χ0) is 20.9. The van der Waals surface area contributed by atoms with E-state index in [1.54, 1.807) is 19.2 Å². The molecule has 4 rings (SSSR count). The third-order valence-electron chi connectivity index (χ3n) is 4.83. The van der Waals surface area contributed by atoms with Crippen molar-refractivity contribution in [1.82, 2.24) is 14.0 Å². The summed E-state index contributed by atoms with van der Waals surface area (Å²) in [4.78, 5) is 17.1. The Hall–Kier alpha value is -3.33. The number of nitrogens with one attached hydrogen (secondary N) is 1. The van der Waals surface area contributed by atoms with Gasteiger partial charge in [-0.25, -0.2) is 17.8 Å². The fourth-order valence-corrected chi connectivity index (χ4v) is 4.71. The van der Waals surface area contributed by atoms with Crippen LogP contribution in [0.5, 0.6) is 0 Å². The molecule has 7 nitrogen and oxygen atoms in total. The Balaban J connectivity index is 2.15. The van der Waals surface area contributed by atoms with Crippen LogP contribution in [-0.4, -0.2) is 22.4 Å². The number of hydrogen-bond donors (Lipinski definition) is 1. The molecular weight excluding hydrogens is 395 g/mol. The number of aromatic nitrogens is 3. The lowest BCUT2D eigenvalue weighted by molar-refractivity contribution is 0.589. The van der Waals surface area contributed by atoms with E-state index in [1.165, 1.54) is 15.0 Å². The lowest BCUT2D eigenvalue weighted by Crippen LogP contribution is -2.29. The molecule has 4 aromatic rings. The Morgan fingerprint density at radius 2 is 1.83 bits per heavy atom. The van der Waals surface area contributed by atoms with E-state index in [4.69, 9.17) is 5.41 Å². The highest BCUT2D eigenvalue weighted by atomic mass is 32.2. The van der Waals surface area contributed by atoms with Gasteiger partial charge in [0.05, 0.1) is 10.3 Å². The molecular formula is C20H17FN4O3S. The first kappa shape index (κ1) is 19.0. The summed E-state index contributed by atoms with van der Waals surface area (Å²) in [5.74, 6) is -0.568. The van der Waals surface area contributed by atoms with Crippen molar-refractivity contribution in [3.63, 3.8) is 0 Å². The molecule has 0 spiro atoms. The lowest BCUT2D eigenvalue weighted by Gasteiger charge is -2.14. The minimum absolute atomic E-state index is 0.0895. The van der Waals surface area contributed by atoms with Crippen LogP contribution in [0, 0.1) is 18.2 Å². The summed E-state index contributed by atoms with van der Waals surface area (Å²) in [6, 6.07) is 9.07. The van der Waals surface area contributed by atoms with Crippen molar-refractivity contribution in [3.05, 3.63) is 75.9 Å². The molecule has 0 amide bonds. The van der Waals surface area contributed by atoms with Crippen LogP contribution in [0.2, 0.25) is 0 Å². The summed E-state index contributed by atoms with van der Waals surface area (Å²) in [6.45, 7) is 3.81. The van der Waals surface area contributed by atoms with Gasteiger partial charge in [-0.05, 0) is 55.8 Å². The first-order valence-electron chi connectivity index (χ1n) is 8.86. The Labute approximate surface area is 165 Å². The van der Waals surface area contributed by atoms with Gasteiger partial charge in [-0.3, -0.25) is 14.6 Å². The number of rotatable bonds is 3. The van der Waals surface area contributed by atoms with E-state index in [0.29, 0.717) is 5.65 Å². The molecule has 0 unspecified atom stereocenters. The van der Waals surface area contributed by atoms with Crippen LogP contribution in [0.15, 0.2) is 63.2 Å². The molecule has 0 aliphatic heterocycles. The number of nitrogens with zero attached hydrogens (tertiary/aromatic N) is 3. The minimum atomic E-state index is -4.14. The van der Waals surface area contributed by atoms with Gasteiger partial charge in [0.15, 0.2) is 0 Å². The van der Waals surface area contributed by atoms with Crippen LogP contribution >= 0.6 is 0 Å². The van der Waals surface area contributed by atoms with Crippen LogP contribution in [0.25, 0.3) is 16.7 Å². The van der Waals surface area contributed by atoms with Crippen molar-refractivity contribution in [1.29, 1.82) is 5.41 Å². The van der Waals surface area contributed by atoms with E-state index < -0.39 is 21.2 Å². The van der Waals surface area contributed by atoms with Crippen LogP contribution in [-0.2, 0) is 16.4 Å². The van der Waals surface area contributed by atoms with Crippen LogP contribution < -0.4 is 11.0 Å². The highest BCUT2D eigenvalue weighted by Gasteiger charge is 2.24. The molecule has 0 saturated carbocycles. The zero-order valence-electron chi connectivity index (χ0n) is 15.7. The van der Waals surface area contributed by atoms with Gasteiger partial charge in [0.1, 0.15) is 27.5 Å². The summed E-state index contributed by atoms with van der Waals surface area (Å²) in [7, 11) is -4.14. The Morgan fingerprint density at radius 3 is 2.48 bits per heavy atom. The molecule has 0 saturated heterocycles. The van der Waals surface area contributed by atoms with E-state index in [1.807, 2.05) is 13.0 Å². The number of aryl methyl sites for hydroxylation is 2. The Morgan fingerprint density at radius 1 is 1.14 bits per heavy atom. The average molecular weight is 412 g/mol. The second-order valence-corrected chi connectivity index (χ2v) is 8.52. The molecule has 3 aromatic heterocycles. The molecule has 0 fully saturated rings. The van der Waals surface area contributed by atoms with Crippen LogP contribution in [0.4, 0.5) is 4.39 Å². The predicted molar refractivity (Wildman–Crippen MR) is 105 cm³/mol. The maximum absolute atomic E-state index is 13.2. The summed E-state index contributed by atoms with van der Waals surface area (Å²) in [5.41, 5.74) is 0.764. The Bertz CT molecular complexity index is 1500. The van der Waals surface area contributed by atoms with Gasteiger partial charge in [0, 0.05) is 12.7 Å².